The molecule has 0 aliphatic heterocycles. The molecule has 0 rings (SSSR count). The van der Waals surface area contributed by atoms with Gasteiger partial charge in [0.2, 0.25) is 0 Å². The van der Waals surface area contributed by atoms with Crippen molar-refractivity contribution in [3.05, 3.63) is 0 Å². The van der Waals surface area contributed by atoms with Crippen molar-refractivity contribution in [2.45, 2.75) is 6.04 Å². The van der Waals surface area contributed by atoms with Gasteiger partial charge in [-0.2, -0.15) is 0 Å². The van der Waals surface area contributed by atoms with Crippen LogP contribution in [0.5, 0.6) is 0 Å². The van der Waals surface area contributed by atoms with Crippen molar-refractivity contribution in [1.29, 1.82) is 0 Å². The number of thiol groups is 1. The van der Waals surface area contributed by atoms with Crippen LogP contribution in [0, 0.1) is 0 Å². The first-order chi connectivity index (χ1) is 3.72. The van der Waals surface area contributed by atoms with Crippen LogP contribution in [0.3, 0.4) is 0 Å². The standard InChI is InChI=1S/C3H7NO2SSe/c4-2(1-7)3(5)6-8/h2,7-8H,1,4H2/t2-/m0/s1. The summed E-state index contributed by atoms with van der Waals surface area (Å²) in [7, 11) is 0. The predicted octanol–water partition coefficient (Wildman–Crippen LogP) is -1.40. The zero-order chi connectivity index (χ0) is 6.57. The summed E-state index contributed by atoms with van der Waals surface area (Å²) < 4.78 is 4.23. The first-order valence-corrected chi connectivity index (χ1v) is 3.34. The van der Waals surface area contributed by atoms with E-state index in [1.54, 1.807) is 16.3 Å². The zero-order valence-electron chi connectivity index (χ0n) is 4.07. The number of hydrogen-bond acceptors (Lipinski definition) is 4. The minimum absolute atomic E-state index is 0.316. The van der Waals surface area contributed by atoms with E-state index in [9.17, 15) is 4.79 Å². The SMILES string of the molecule is N[C@@H](CS)C(=O)O[SeH]. The van der Waals surface area contributed by atoms with Crippen LogP contribution in [-0.4, -0.2) is 34.1 Å². The van der Waals surface area contributed by atoms with Gasteiger partial charge in [-0.15, -0.1) is 0 Å². The molecule has 3 nitrogen and oxygen atoms in total. The van der Waals surface area contributed by atoms with Crippen LogP contribution >= 0.6 is 12.6 Å². The van der Waals surface area contributed by atoms with Crippen molar-refractivity contribution < 1.29 is 8.61 Å². The van der Waals surface area contributed by atoms with Gasteiger partial charge in [-0.05, 0) is 0 Å². The third-order valence-corrected chi connectivity index (χ3v) is 1.36. The first kappa shape index (κ1) is 8.30. The Morgan fingerprint density at radius 2 is 2.50 bits per heavy atom. The van der Waals surface area contributed by atoms with Crippen LogP contribution in [0.4, 0.5) is 0 Å². The monoisotopic (exact) mass is 201 g/mol. The van der Waals surface area contributed by atoms with Gasteiger partial charge in [0.25, 0.3) is 0 Å². The number of nitrogens with two attached hydrogens (primary N) is 1. The Kier molecular flexibility index (Phi) is 4.36. The van der Waals surface area contributed by atoms with Crippen molar-refractivity contribution in [3.8, 4) is 0 Å². The molecule has 0 unspecified atom stereocenters. The van der Waals surface area contributed by atoms with Crippen LogP contribution in [0.25, 0.3) is 0 Å². The fourth-order valence-corrected chi connectivity index (χ4v) is 0.575. The van der Waals surface area contributed by atoms with E-state index in [1.807, 2.05) is 0 Å². The Morgan fingerprint density at radius 1 is 2.00 bits per heavy atom. The quantitative estimate of drug-likeness (QED) is 0.426. The maximum absolute atomic E-state index is 10.3. The Hall–Kier alpha value is 0.299. The van der Waals surface area contributed by atoms with E-state index in [0.717, 1.165) is 0 Å². The number of hydrogen-bond donors (Lipinski definition) is 2. The Labute approximate surface area is 61.5 Å². The molecule has 8 heavy (non-hydrogen) atoms. The van der Waals surface area contributed by atoms with Gasteiger partial charge < -0.3 is 0 Å². The Bertz CT molecular complexity index is 89.4. The third kappa shape index (κ3) is 2.57. The molecule has 0 bridgehead atoms. The van der Waals surface area contributed by atoms with Gasteiger partial charge in [-0.3, -0.25) is 0 Å². The molecular weight excluding hydrogens is 193 g/mol. The average Bonchev–Trinajstić information content (AvgIpc) is 1.84. The summed E-state index contributed by atoms with van der Waals surface area (Å²) >= 11 is 5.47. The zero-order valence-corrected chi connectivity index (χ0v) is 6.84. The van der Waals surface area contributed by atoms with Crippen LogP contribution in [-0.2, 0) is 8.61 Å². The molecule has 5 heteroatoms. The molecule has 0 radical (unpaired) electrons. The summed E-state index contributed by atoms with van der Waals surface area (Å²) in [4.78, 5) is 10.3. The second-order valence-corrected chi connectivity index (χ2v) is 1.95. The van der Waals surface area contributed by atoms with E-state index in [2.05, 4.69) is 16.4 Å². The molecule has 0 aromatic carbocycles. The average molecular weight is 200 g/mol. The molecule has 0 fully saturated rings. The first-order valence-electron chi connectivity index (χ1n) is 1.94. The minimum atomic E-state index is -0.596. The van der Waals surface area contributed by atoms with Gasteiger partial charge in [0.15, 0.2) is 0 Å². The summed E-state index contributed by atoms with van der Waals surface area (Å²) in [6.45, 7) is 0. The molecule has 0 aliphatic carbocycles. The van der Waals surface area contributed by atoms with Crippen LogP contribution in [0.2, 0.25) is 0 Å². The van der Waals surface area contributed by atoms with Crippen LogP contribution in [0.1, 0.15) is 0 Å². The van der Waals surface area contributed by atoms with E-state index in [0.29, 0.717) is 5.75 Å². The molecule has 0 aromatic heterocycles. The van der Waals surface area contributed by atoms with Gasteiger partial charge in [-0.25, -0.2) is 0 Å². The van der Waals surface area contributed by atoms with Crippen molar-refractivity contribution in [1.82, 2.24) is 0 Å². The predicted molar refractivity (Wildman–Crippen MR) is 35.1 cm³/mol. The van der Waals surface area contributed by atoms with Gasteiger partial charge >= 0.3 is 61.1 Å². The topological polar surface area (TPSA) is 52.3 Å². The van der Waals surface area contributed by atoms with E-state index in [-0.39, 0.29) is 0 Å². The molecule has 0 heterocycles. The molecule has 0 amide bonds. The van der Waals surface area contributed by atoms with Crippen molar-refractivity contribution in [2.75, 3.05) is 5.75 Å². The summed E-state index contributed by atoms with van der Waals surface area (Å²) in [6.07, 6.45) is 0. The van der Waals surface area contributed by atoms with E-state index in [4.69, 9.17) is 5.73 Å². The Morgan fingerprint density at radius 3 is 2.62 bits per heavy atom. The molecule has 0 saturated carbocycles. The Balaban J connectivity index is 3.46. The summed E-state index contributed by atoms with van der Waals surface area (Å²) in [5, 5.41) is 0. The second kappa shape index (κ2) is 4.21. The van der Waals surface area contributed by atoms with E-state index >= 15 is 0 Å². The van der Waals surface area contributed by atoms with Crippen LogP contribution < -0.4 is 5.73 Å². The fourth-order valence-electron chi connectivity index (χ4n) is 0.142. The maximum atomic E-state index is 10.3. The normalized spacial score (nSPS) is 12.9. The number of carbonyl (C=O) groups is 1. The van der Waals surface area contributed by atoms with E-state index in [1.165, 1.54) is 0 Å². The second-order valence-electron chi connectivity index (χ2n) is 1.20. The van der Waals surface area contributed by atoms with E-state index < -0.39 is 12.0 Å². The van der Waals surface area contributed by atoms with Gasteiger partial charge in [-0.1, -0.05) is 0 Å². The van der Waals surface area contributed by atoms with Gasteiger partial charge in [0, 0.05) is 0 Å². The number of rotatable bonds is 2. The summed E-state index contributed by atoms with van der Waals surface area (Å²) in [5.74, 6) is -0.128. The molecule has 0 aromatic rings. The van der Waals surface area contributed by atoms with Crippen molar-refractivity contribution in [2.24, 2.45) is 5.73 Å². The molecule has 0 spiro atoms. The van der Waals surface area contributed by atoms with Crippen molar-refractivity contribution >= 4 is 34.9 Å². The molecule has 48 valence electrons. The van der Waals surface area contributed by atoms with Crippen LogP contribution in [0.15, 0.2) is 0 Å². The fraction of sp³-hybridized carbons (Fsp3) is 0.667. The van der Waals surface area contributed by atoms with Gasteiger partial charge in [0.05, 0.1) is 0 Å². The molecule has 0 aliphatic rings. The molecule has 1 atom stereocenters. The summed E-state index contributed by atoms with van der Waals surface area (Å²) in [6, 6.07) is -0.596. The molecular formula is C3H7NO2SSe. The summed E-state index contributed by atoms with van der Waals surface area (Å²) in [5.41, 5.74) is 5.17. The van der Waals surface area contributed by atoms with Crippen molar-refractivity contribution in [3.63, 3.8) is 0 Å². The molecule has 2 N–H and O–H groups in total. The molecule has 0 saturated heterocycles. The van der Waals surface area contributed by atoms with Gasteiger partial charge in [0.1, 0.15) is 0 Å². The third-order valence-electron chi connectivity index (χ3n) is 0.589. The number of carbonyl (C=O) groups excluding carboxylic acids is 1.